The predicted molar refractivity (Wildman–Crippen MR) is 71.6 cm³/mol. The van der Waals surface area contributed by atoms with Crippen LogP contribution < -0.4 is 11.1 Å². The molecule has 0 heterocycles. The maximum absolute atomic E-state index is 12.2. The van der Waals surface area contributed by atoms with E-state index in [-0.39, 0.29) is 12.3 Å². The van der Waals surface area contributed by atoms with Crippen molar-refractivity contribution in [3.05, 3.63) is 29.8 Å². The van der Waals surface area contributed by atoms with Gasteiger partial charge in [0, 0.05) is 18.7 Å². The molecule has 1 aromatic rings. The van der Waals surface area contributed by atoms with Crippen molar-refractivity contribution < 1.29 is 14.7 Å². The second kappa shape index (κ2) is 5.30. The number of anilines is 1. The molecule has 0 atom stereocenters. The van der Waals surface area contributed by atoms with Crippen molar-refractivity contribution in [3.63, 3.8) is 0 Å². The summed E-state index contributed by atoms with van der Waals surface area (Å²) >= 11 is 0. The van der Waals surface area contributed by atoms with E-state index in [1.54, 1.807) is 12.1 Å². The van der Waals surface area contributed by atoms with Crippen molar-refractivity contribution >= 4 is 17.6 Å². The van der Waals surface area contributed by atoms with Gasteiger partial charge < -0.3 is 16.2 Å². The molecule has 0 saturated heterocycles. The van der Waals surface area contributed by atoms with Crippen LogP contribution in [-0.4, -0.2) is 23.5 Å². The van der Waals surface area contributed by atoms with E-state index in [9.17, 15) is 9.59 Å². The molecule has 0 aliphatic heterocycles. The molecule has 1 aromatic carbocycles. The Morgan fingerprint density at radius 2 is 1.89 bits per heavy atom. The maximum Gasteiger partial charge on any atom is 0.303 e. The summed E-state index contributed by atoms with van der Waals surface area (Å²) in [6.07, 6.45) is 2.21. The summed E-state index contributed by atoms with van der Waals surface area (Å²) < 4.78 is 0. The highest BCUT2D eigenvalue weighted by atomic mass is 16.4. The lowest BCUT2D eigenvalue weighted by molar-refractivity contribution is -0.137. The Morgan fingerprint density at radius 1 is 1.26 bits per heavy atom. The number of amides is 1. The van der Waals surface area contributed by atoms with Crippen LogP contribution in [-0.2, 0) is 15.0 Å². The monoisotopic (exact) mass is 262 g/mol. The van der Waals surface area contributed by atoms with Crippen LogP contribution >= 0.6 is 0 Å². The first-order valence-electron chi connectivity index (χ1n) is 6.41. The highest BCUT2D eigenvalue weighted by Gasteiger charge is 2.50. The summed E-state index contributed by atoms with van der Waals surface area (Å²) in [4.78, 5) is 22.5. The fourth-order valence-corrected chi connectivity index (χ4v) is 2.18. The second-order valence-electron chi connectivity index (χ2n) is 4.96. The van der Waals surface area contributed by atoms with Crippen LogP contribution in [0.5, 0.6) is 0 Å². The van der Waals surface area contributed by atoms with Gasteiger partial charge in [0.25, 0.3) is 0 Å². The summed E-state index contributed by atoms with van der Waals surface area (Å²) in [6.45, 7) is 0.405. The molecule has 102 valence electrons. The number of hydrogen-bond donors (Lipinski definition) is 3. The highest BCUT2D eigenvalue weighted by molar-refractivity contribution is 5.91. The van der Waals surface area contributed by atoms with Gasteiger partial charge in [0.15, 0.2) is 0 Å². The van der Waals surface area contributed by atoms with Crippen molar-refractivity contribution in [3.8, 4) is 0 Å². The molecule has 19 heavy (non-hydrogen) atoms. The number of carbonyl (C=O) groups excluding carboxylic acids is 1. The molecule has 1 aliphatic rings. The van der Waals surface area contributed by atoms with Crippen LogP contribution in [0.3, 0.4) is 0 Å². The van der Waals surface area contributed by atoms with Crippen molar-refractivity contribution in [1.82, 2.24) is 5.32 Å². The van der Waals surface area contributed by atoms with Crippen molar-refractivity contribution in [2.75, 3.05) is 12.3 Å². The first-order chi connectivity index (χ1) is 9.04. The van der Waals surface area contributed by atoms with Gasteiger partial charge in [-0.2, -0.15) is 0 Å². The van der Waals surface area contributed by atoms with Crippen molar-refractivity contribution in [2.45, 2.75) is 31.1 Å². The van der Waals surface area contributed by atoms with Gasteiger partial charge in [-0.3, -0.25) is 9.59 Å². The van der Waals surface area contributed by atoms with E-state index in [1.807, 2.05) is 12.1 Å². The quantitative estimate of drug-likeness (QED) is 0.532. The Kier molecular flexibility index (Phi) is 3.74. The molecule has 1 amide bonds. The molecule has 2 rings (SSSR count). The molecule has 5 nitrogen and oxygen atoms in total. The van der Waals surface area contributed by atoms with E-state index < -0.39 is 11.4 Å². The highest BCUT2D eigenvalue weighted by Crippen LogP contribution is 2.48. The molecule has 5 heteroatoms. The van der Waals surface area contributed by atoms with Crippen LogP contribution in [0.25, 0.3) is 0 Å². The number of carbonyl (C=O) groups is 2. The summed E-state index contributed by atoms with van der Waals surface area (Å²) in [7, 11) is 0. The van der Waals surface area contributed by atoms with Crippen LogP contribution in [0, 0.1) is 0 Å². The minimum Gasteiger partial charge on any atom is -0.481 e. The Labute approximate surface area is 111 Å². The second-order valence-corrected chi connectivity index (χ2v) is 4.96. The minimum atomic E-state index is -0.839. The maximum atomic E-state index is 12.2. The van der Waals surface area contributed by atoms with E-state index in [1.165, 1.54) is 0 Å². The Bertz CT molecular complexity index is 478. The van der Waals surface area contributed by atoms with Gasteiger partial charge in [-0.15, -0.1) is 0 Å². The number of hydrogen-bond acceptors (Lipinski definition) is 3. The summed E-state index contributed by atoms with van der Waals surface area (Å²) in [6, 6.07) is 7.37. The Balaban J connectivity index is 1.91. The topological polar surface area (TPSA) is 92.4 Å². The summed E-state index contributed by atoms with van der Waals surface area (Å²) in [5.74, 6) is -0.850. The van der Waals surface area contributed by atoms with Gasteiger partial charge in [-0.05, 0) is 37.0 Å². The van der Waals surface area contributed by atoms with E-state index in [0.717, 1.165) is 18.4 Å². The van der Waals surface area contributed by atoms with E-state index in [4.69, 9.17) is 10.8 Å². The van der Waals surface area contributed by atoms with Crippen molar-refractivity contribution in [1.29, 1.82) is 0 Å². The molecular formula is C14H18N2O3. The number of nitrogen functional groups attached to an aromatic ring is 1. The minimum absolute atomic E-state index is 0.0114. The fraction of sp³-hybridized carbons (Fsp3) is 0.429. The zero-order valence-corrected chi connectivity index (χ0v) is 10.7. The fourth-order valence-electron chi connectivity index (χ4n) is 2.18. The normalized spacial score (nSPS) is 15.8. The molecule has 0 radical (unpaired) electrons. The SMILES string of the molecule is Nc1ccc(C2(C(=O)NCCCC(=O)O)CC2)cc1. The molecule has 4 N–H and O–H groups in total. The molecule has 0 spiro atoms. The molecule has 0 bridgehead atoms. The van der Waals surface area contributed by atoms with Crippen LogP contribution in [0.1, 0.15) is 31.2 Å². The van der Waals surface area contributed by atoms with E-state index >= 15 is 0 Å². The van der Waals surface area contributed by atoms with Crippen LogP contribution in [0.2, 0.25) is 0 Å². The zero-order valence-electron chi connectivity index (χ0n) is 10.7. The zero-order chi connectivity index (χ0) is 13.9. The number of carboxylic acid groups (broad SMARTS) is 1. The van der Waals surface area contributed by atoms with Gasteiger partial charge in [0.1, 0.15) is 0 Å². The predicted octanol–water partition coefficient (Wildman–Crippen LogP) is 1.28. The summed E-state index contributed by atoms with van der Waals surface area (Å²) in [5.41, 5.74) is 6.88. The number of nitrogens with two attached hydrogens (primary N) is 1. The first kappa shape index (κ1) is 13.4. The van der Waals surface area contributed by atoms with Crippen molar-refractivity contribution in [2.24, 2.45) is 0 Å². The lowest BCUT2D eigenvalue weighted by Gasteiger charge is -2.15. The number of aliphatic carboxylic acids is 1. The average molecular weight is 262 g/mol. The third kappa shape index (κ3) is 3.05. The largest absolute Gasteiger partial charge is 0.481 e. The Hall–Kier alpha value is -2.04. The molecule has 1 aliphatic carbocycles. The first-order valence-corrected chi connectivity index (χ1v) is 6.41. The number of benzene rings is 1. The number of nitrogens with one attached hydrogen (secondary N) is 1. The van der Waals surface area contributed by atoms with Gasteiger partial charge in [-0.1, -0.05) is 12.1 Å². The lowest BCUT2D eigenvalue weighted by Crippen LogP contribution is -2.35. The molecule has 0 unspecified atom stereocenters. The number of carboxylic acids is 1. The van der Waals surface area contributed by atoms with Gasteiger partial charge in [-0.25, -0.2) is 0 Å². The summed E-state index contributed by atoms with van der Waals surface area (Å²) in [5, 5.41) is 11.4. The average Bonchev–Trinajstić information content (AvgIpc) is 3.16. The van der Waals surface area contributed by atoms with Crippen LogP contribution in [0.15, 0.2) is 24.3 Å². The molecular weight excluding hydrogens is 244 g/mol. The van der Waals surface area contributed by atoms with Gasteiger partial charge >= 0.3 is 5.97 Å². The Morgan fingerprint density at radius 3 is 2.42 bits per heavy atom. The third-order valence-electron chi connectivity index (χ3n) is 3.50. The third-order valence-corrected chi connectivity index (χ3v) is 3.50. The van der Waals surface area contributed by atoms with Gasteiger partial charge in [0.05, 0.1) is 5.41 Å². The lowest BCUT2D eigenvalue weighted by atomic mass is 9.94. The standard InChI is InChI=1S/C14H18N2O3/c15-11-5-3-10(4-6-11)14(7-8-14)13(19)16-9-1-2-12(17)18/h3-6H,1-2,7-9,15H2,(H,16,19)(H,17,18). The van der Waals surface area contributed by atoms with Gasteiger partial charge in [0.2, 0.25) is 5.91 Å². The number of rotatable bonds is 6. The van der Waals surface area contributed by atoms with E-state index in [0.29, 0.717) is 18.7 Å². The van der Waals surface area contributed by atoms with Crippen LogP contribution in [0.4, 0.5) is 5.69 Å². The smallest absolute Gasteiger partial charge is 0.303 e. The molecule has 0 aromatic heterocycles. The molecule has 1 saturated carbocycles. The van der Waals surface area contributed by atoms with E-state index in [2.05, 4.69) is 5.32 Å². The molecule has 1 fully saturated rings.